The highest BCUT2D eigenvalue weighted by atomic mass is 16.3. The zero-order chi connectivity index (χ0) is 9.82. The van der Waals surface area contributed by atoms with Gasteiger partial charge < -0.3 is 10.2 Å². The molecule has 1 aliphatic carbocycles. The summed E-state index contributed by atoms with van der Waals surface area (Å²) < 4.78 is 0. The van der Waals surface area contributed by atoms with Gasteiger partial charge in [0.1, 0.15) is 0 Å². The van der Waals surface area contributed by atoms with E-state index in [0.717, 1.165) is 12.8 Å². The van der Waals surface area contributed by atoms with Crippen molar-refractivity contribution in [1.29, 1.82) is 0 Å². The molecule has 0 aliphatic heterocycles. The normalized spacial score (nSPS) is 16.6. The van der Waals surface area contributed by atoms with Gasteiger partial charge in [-0.25, -0.2) is 0 Å². The van der Waals surface area contributed by atoms with Crippen molar-refractivity contribution < 1.29 is 10.2 Å². The Morgan fingerprint density at radius 3 is 1.67 bits per heavy atom. The van der Waals surface area contributed by atoms with E-state index >= 15 is 0 Å². The number of aliphatic hydroxyl groups excluding tert-OH is 2. The summed E-state index contributed by atoms with van der Waals surface area (Å²) in [5.41, 5.74) is 0. The number of aliphatic hydroxyl groups is 2. The molecule has 0 heterocycles. The minimum atomic E-state index is 0.0359. The lowest BCUT2D eigenvalue weighted by atomic mass is 9.98. The Bertz CT molecular complexity index is 68.2. The van der Waals surface area contributed by atoms with E-state index in [0.29, 0.717) is 0 Å². The summed E-state index contributed by atoms with van der Waals surface area (Å²) in [5.74, 6) is 0. The van der Waals surface area contributed by atoms with Gasteiger partial charge in [0.2, 0.25) is 0 Å². The van der Waals surface area contributed by atoms with Crippen LogP contribution < -0.4 is 0 Å². The summed E-state index contributed by atoms with van der Waals surface area (Å²) in [7, 11) is 0. The molecule has 0 aromatic heterocycles. The van der Waals surface area contributed by atoms with Gasteiger partial charge in [-0.2, -0.15) is 0 Å². The molecule has 0 radical (unpaired) electrons. The van der Waals surface area contributed by atoms with Crippen molar-refractivity contribution in [2.24, 2.45) is 0 Å². The molecule has 74 valence electrons. The zero-order valence-corrected chi connectivity index (χ0v) is 8.13. The van der Waals surface area contributed by atoms with Gasteiger partial charge in [0, 0.05) is 6.61 Å². The van der Waals surface area contributed by atoms with Gasteiger partial charge >= 0.3 is 0 Å². The van der Waals surface area contributed by atoms with Crippen LogP contribution in [0.2, 0.25) is 0 Å². The molecule has 12 heavy (non-hydrogen) atoms. The summed E-state index contributed by atoms with van der Waals surface area (Å²) >= 11 is 0. The summed E-state index contributed by atoms with van der Waals surface area (Å²) in [6, 6.07) is 0. The van der Waals surface area contributed by atoms with Crippen molar-refractivity contribution in [2.45, 2.75) is 45.1 Å². The minimum absolute atomic E-state index is 0.0359. The Labute approximate surface area is 75.9 Å². The van der Waals surface area contributed by atoms with Gasteiger partial charge in [-0.15, -0.1) is 13.2 Å². The van der Waals surface area contributed by atoms with Gasteiger partial charge in [-0.3, -0.25) is 0 Å². The maximum Gasteiger partial charge on any atom is 0.0540 e. The van der Waals surface area contributed by atoms with Gasteiger partial charge in [-0.05, 0) is 19.8 Å². The molecule has 0 amide bonds. The molecule has 2 N–H and O–H groups in total. The molecule has 1 saturated carbocycles. The van der Waals surface area contributed by atoms with Crippen molar-refractivity contribution in [3.8, 4) is 0 Å². The van der Waals surface area contributed by atoms with E-state index in [-0.39, 0.29) is 12.7 Å². The maximum atomic E-state index is 8.91. The van der Waals surface area contributed by atoms with Crippen molar-refractivity contribution in [3.63, 3.8) is 0 Å². The molecule has 0 bridgehead atoms. The summed E-state index contributed by atoms with van der Waals surface area (Å²) in [6.45, 7) is 7.93. The largest absolute Gasteiger partial charge is 0.397 e. The molecular formula is C10H22O2. The molecule has 2 nitrogen and oxygen atoms in total. The quantitative estimate of drug-likeness (QED) is 0.552. The molecule has 0 spiro atoms. The Balaban J connectivity index is 0. The highest BCUT2D eigenvalue weighted by Gasteiger charge is 2.07. The summed E-state index contributed by atoms with van der Waals surface area (Å²) in [6.07, 6.45) is 5.92. The van der Waals surface area contributed by atoms with Crippen LogP contribution in [0, 0.1) is 0 Å². The smallest absolute Gasteiger partial charge is 0.0540 e. The monoisotopic (exact) mass is 174 g/mol. The lowest BCUT2D eigenvalue weighted by Gasteiger charge is -2.14. The highest BCUT2D eigenvalue weighted by molar-refractivity contribution is 4.61. The average molecular weight is 174 g/mol. The molecule has 1 rings (SSSR count). The first-order valence-electron chi connectivity index (χ1n) is 4.60. The predicted octanol–water partition coefficient (Wildman–Crippen LogP) is 2.11. The Kier molecular flexibility index (Phi) is 15.7. The second-order valence-corrected chi connectivity index (χ2v) is 2.61. The summed E-state index contributed by atoms with van der Waals surface area (Å²) in [5, 5.41) is 16.5. The standard InChI is InChI=1S/C6H12O.C2H6O.C2H4/c7-6-4-2-1-3-5-6;1-2-3;1-2/h6-7H,1-5H2;3H,2H2,1H3;1-2H2. The van der Waals surface area contributed by atoms with E-state index in [2.05, 4.69) is 13.2 Å². The Morgan fingerprint density at radius 1 is 1.17 bits per heavy atom. The van der Waals surface area contributed by atoms with Crippen molar-refractivity contribution in [3.05, 3.63) is 13.2 Å². The highest BCUT2D eigenvalue weighted by Crippen LogP contribution is 2.16. The van der Waals surface area contributed by atoms with E-state index in [1.165, 1.54) is 19.3 Å². The first-order valence-corrected chi connectivity index (χ1v) is 4.60. The van der Waals surface area contributed by atoms with Crippen molar-refractivity contribution >= 4 is 0 Å². The van der Waals surface area contributed by atoms with E-state index in [4.69, 9.17) is 10.2 Å². The topological polar surface area (TPSA) is 40.5 Å². The second kappa shape index (κ2) is 13.3. The Hall–Kier alpha value is -0.340. The van der Waals surface area contributed by atoms with Crippen LogP contribution in [0.25, 0.3) is 0 Å². The average Bonchev–Trinajstić information content (AvgIpc) is 2.11. The van der Waals surface area contributed by atoms with Gasteiger partial charge in [-0.1, -0.05) is 19.3 Å². The fourth-order valence-corrected chi connectivity index (χ4v) is 1.08. The molecule has 0 aromatic carbocycles. The van der Waals surface area contributed by atoms with Crippen molar-refractivity contribution in [1.82, 2.24) is 0 Å². The number of hydrogen-bond donors (Lipinski definition) is 2. The molecule has 2 heteroatoms. The SMILES string of the molecule is C=C.CCO.OC1CCCCC1. The van der Waals surface area contributed by atoms with Crippen LogP contribution in [0.5, 0.6) is 0 Å². The van der Waals surface area contributed by atoms with Gasteiger partial charge in [0.25, 0.3) is 0 Å². The van der Waals surface area contributed by atoms with E-state index in [9.17, 15) is 0 Å². The predicted molar refractivity (Wildman–Crippen MR) is 53.1 cm³/mol. The van der Waals surface area contributed by atoms with Crippen molar-refractivity contribution in [2.75, 3.05) is 6.61 Å². The third-order valence-electron chi connectivity index (χ3n) is 1.57. The third-order valence-corrected chi connectivity index (χ3v) is 1.57. The van der Waals surface area contributed by atoms with Crippen LogP contribution in [0.4, 0.5) is 0 Å². The molecule has 0 unspecified atom stereocenters. The van der Waals surface area contributed by atoms with Crippen LogP contribution in [0.1, 0.15) is 39.0 Å². The maximum absolute atomic E-state index is 8.91. The van der Waals surface area contributed by atoms with E-state index < -0.39 is 0 Å². The molecule has 0 aromatic rings. The van der Waals surface area contributed by atoms with E-state index in [1.807, 2.05) is 0 Å². The fourth-order valence-electron chi connectivity index (χ4n) is 1.08. The van der Waals surface area contributed by atoms with Crippen LogP contribution in [0.3, 0.4) is 0 Å². The molecule has 0 saturated heterocycles. The first kappa shape index (κ1) is 14.2. The zero-order valence-electron chi connectivity index (χ0n) is 8.13. The van der Waals surface area contributed by atoms with E-state index in [1.54, 1.807) is 6.92 Å². The molecule has 1 fully saturated rings. The first-order chi connectivity index (χ1) is 5.81. The van der Waals surface area contributed by atoms with Crippen LogP contribution in [0.15, 0.2) is 13.2 Å². The van der Waals surface area contributed by atoms with Crippen LogP contribution in [-0.4, -0.2) is 22.9 Å². The lowest BCUT2D eigenvalue weighted by molar-refractivity contribution is 0.130. The van der Waals surface area contributed by atoms with Gasteiger partial charge in [0.15, 0.2) is 0 Å². The number of rotatable bonds is 0. The molecule has 1 aliphatic rings. The van der Waals surface area contributed by atoms with Crippen LogP contribution in [-0.2, 0) is 0 Å². The van der Waals surface area contributed by atoms with Crippen LogP contribution >= 0.6 is 0 Å². The molecule has 0 atom stereocenters. The summed E-state index contributed by atoms with van der Waals surface area (Å²) in [4.78, 5) is 0. The molecular weight excluding hydrogens is 152 g/mol. The third kappa shape index (κ3) is 12.3. The lowest BCUT2D eigenvalue weighted by Crippen LogP contribution is -2.09. The van der Waals surface area contributed by atoms with Gasteiger partial charge in [0.05, 0.1) is 6.10 Å². The minimum Gasteiger partial charge on any atom is -0.397 e. The Morgan fingerprint density at radius 2 is 1.50 bits per heavy atom. The number of hydrogen-bond acceptors (Lipinski definition) is 2. The second-order valence-electron chi connectivity index (χ2n) is 2.61. The fraction of sp³-hybridized carbons (Fsp3) is 0.800.